The molecule has 34 heavy (non-hydrogen) atoms. The highest BCUT2D eigenvalue weighted by atomic mass is 16.6. The van der Waals surface area contributed by atoms with Gasteiger partial charge >= 0.3 is 5.97 Å². The normalized spacial score (nSPS) is 11.8. The van der Waals surface area contributed by atoms with Gasteiger partial charge < -0.3 is 29.7 Å². The lowest BCUT2D eigenvalue weighted by Crippen LogP contribution is -2.30. The average molecular weight is 488 g/mol. The number of nitro groups is 2. The number of rotatable bonds is 21. The van der Waals surface area contributed by atoms with E-state index < -0.39 is 22.0 Å². The number of carboxylic acid groups (broad SMARTS) is 1. The number of aliphatic hydroxyl groups is 1. The lowest BCUT2D eigenvalue weighted by atomic mass is 10.2. The molecule has 0 aliphatic heterocycles. The summed E-state index contributed by atoms with van der Waals surface area (Å²) < 4.78 is 16.2. The van der Waals surface area contributed by atoms with Crippen LogP contribution in [0.2, 0.25) is 0 Å². The summed E-state index contributed by atoms with van der Waals surface area (Å²) in [5.74, 6) is -0.945. The zero-order chi connectivity index (χ0) is 25.2. The lowest BCUT2D eigenvalue weighted by molar-refractivity contribution is -0.393. The molecule has 1 aromatic carbocycles. The van der Waals surface area contributed by atoms with E-state index >= 15 is 0 Å². The molecule has 0 saturated carbocycles. The molecule has 0 spiro atoms. The summed E-state index contributed by atoms with van der Waals surface area (Å²) in [5.41, 5.74) is -0.479. The van der Waals surface area contributed by atoms with E-state index in [1.165, 1.54) is 12.1 Å². The van der Waals surface area contributed by atoms with Crippen LogP contribution in [0.15, 0.2) is 18.2 Å². The summed E-state index contributed by atoms with van der Waals surface area (Å²) in [7, 11) is 0. The molecule has 14 nitrogen and oxygen atoms in total. The van der Waals surface area contributed by atoms with Crippen LogP contribution in [-0.4, -0.2) is 85.0 Å². The van der Waals surface area contributed by atoms with Crippen molar-refractivity contribution in [3.8, 4) is 0 Å². The molecule has 1 atom stereocenters. The van der Waals surface area contributed by atoms with Gasteiger partial charge in [-0.15, -0.1) is 0 Å². The molecule has 1 unspecified atom stereocenters. The fourth-order valence-electron chi connectivity index (χ4n) is 2.68. The Bertz CT molecular complexity index is 765. The molecule has 0 radical (unpaired) electrons. The summed E-state index contributed by atoms with van der Waals surface area (Å²) in [6, 6.07) is 3.45. The van der Waals surface area contributed by atoms with Crippen molar-refractivity contribution in [2.75, 3.05) is 58.0 Å². The molecule has 0 amide bonds. The van der Waals surface area contributed by atoms with E-state index in [0.29, 0.717) is 65.6 Å². The monoisotopic (exact) mass is 488 g/mol. The predicted octanol–water partition coefficient (Wildman–Crippen LogP) is 1.52. The number of benzene rings is 1. The maximum Gasteiger partial charge on any atom is 0.303 e. The maximum atomic E-state index is 11.1. The number of carboxylic acids is 1. The van der Waals surface area contributed by atoms with E-state index in [2.05, 4.69) is 10.6 Å². The first-order valence-electron chi connectivity index (χ1n) is 10.8. The summed E-state index contributed by atoms with van der Waals surface area (Å²) in [6.45, 7) is 3.42. The molecule has 4 N–H and O–H groups in total. The highest BCUT2D eigenvalue weighted by Gasteiger charge is 2.18. The molecule has 1 rings (SSSR count). The van der Waals surface area contributed by atoms with Crippen LogP contribution in [0.3, 0.4) is 0 Å². The highest BCUT2D eigenvalue weighted by molar-refractivity contribution is 5.66. The Kier molecular flexibility index (Phi) is 15.0. The molecule has 1 aromatic rings. The van der Waals surface area contributed by atoms with Gasteiger partial charge in [-0.2, -0.15) is 0 Å². The van der Waals surface area contributed by atoms with Gasteiger partial charge in [0, 0.05) is 32.2 Å². The number of anilines is 1. The molecule has 0 aliphatic carbocycles. The maximum absolute atomic E-state index is 11.1. The van der Waals surface area contributed by atoms with Gasteiger partial charge in [-0.25, -0.2) is 0 Å². The first-order valence-corrected chi connectivity index (χ1v) is 10.8. The summed E-state index contributed by atoms with van der Waals surface area (Å²) in [4.78, 5) is 30.9. The fourth-order valence-corrected chi connectivity index (χ4v) is 2.68. The molecule has 14 heteroatoms. The largest absolute Gasteiger partial charge is 0.481 e. The van der Waals surface area contributed by atoms with Crippen molar-refractivity contribution in [3.63, 3.8) is 0 Å². The number of carbonyl (C=O) groups is 1. The van der Waals surface area contributed by atoms with Crippen LogP contribution in [0, 0.1) is 20.2 Å². The summed E-state index contributed by atoms with van der Waals surface area (Å²) >= 11 is 0. The van der Waals surface area contributed by atoms with E-state index in [0.717, 1.165) is 6.07 Å². The Hall–Kier alpha value is -2.91. The SMILES string of the molecule is O=C(O)CCC(O)NCCCOCCOCCOCCCNc1ccc([N+](=O)[O-])cc1[N+](=O)[O-]. The molecular formula is C20H32N4O10. The van der Waals surface area contributed by atoms with Gasteiger partial charge in [-0.05, 0) is 31.9 Å². The second-order valence-corrected chi connectivity index (χ2v) is 7.09. The van der Waals surface area contributed by atoms with E-state index in [1.807, 2.05) is 0 Å². The van der Waals surface area contributed by atoms with Gasteiger partial charge in [-0.3, -0.25) is 30.3 Å². The molecule has 192 valence electrons. The number of hydrogen-bond acceptors (Lipinski definition) is 11. The Labute approximate surface area is 196 Å². The van der Waals surface area contributed by atoms with Gasteiger partial charge in [0.15, 0.2) is 0 Å². The Balaban J connectivity index is 1.95. The molecule has 0 aliphatic rings. The number of nitrogens with zero attached hydrogens (tertiary/aromatic N) is 2. The van der Waals surface area contributed by atoms with Crippen molar-refractivity contribution in [2.24, 2.45) is 0 Å². The van der Waals surface area contributed by atoms with Gasteiger partial charge in [0.2, 0.25) is 0 Å². The number of nitro benzene ring substituents is 2. The van der Waals surface area contributed by atoms with Gasteiger partial charge in [0.25, 0.3) is 11.4 Å². The van der Waals surface area contributed by atoms with E-state index in [4.69, 9.17) is 19.3 Å². The topological polar surface area (TPSA) is 196 Å². The van der Waals surface area contributed by atoms with E-state index in [-0.39, 0.29) is 29.9 Å². The Morgan fingerprint density at radius 3 is 2.09 bits per heavy atom. The second kappa shape index (κ2) is 17.6. The number of hydrogen-bond donors (Lipinski definition) is 4. The number of aliphatic carboxylic acids is 1. The summed E-state index contributed by atoms with van der Waals surface area (Å²) in [5, 5.41) is 45.5. The molecule has 0 bridgehead atoms. The van der Waals surface area contributed by atoms with E-state index in [1.54, 1.807) is 0 Å². The molecule has 0 heterocycles. The van der Waals surface area contributed by atoms with Crippen LogP contribution in [0.25, 0.3) is 0 Å². The van der Waals surface area contributed by atoms with Gasteiger partial charge in [0.1, 0.15) is 11.9 Å². The number of non-ortho nitro benzene ring substituents is 1. The Morgan fingerprint density at radius 2 is 1.53 bits per heavy atom. The Morgan fingerprint density at radius 1 is 0.941 bits per heavy atom. The van der Waals surface area contributed by atoms with Gasteiger partial charge in [-0.1, -0.05) is 0 Å². The van der Waals surface area contributed by atoms with Crippen molar-refractivity contribution in [2.45, 2.75) is 31.9 Å². The van der Waals surface area contributed by atoms with Crippen LogP contribution in [0.4, 0.5) is 17.1 Å². The first kappa shape index (κ1) is 29.1. The lowest BCUT2D eigenvalue weighted by Gasteiger charge is -2.11. The number of nitrogens with one attached hydrogen (secondary N) is 2. The van der Waals surface area contributed by atoms with Crippen molar-refractivity contribution >= 4 is 23.0 Å². The minimum atomic E-state index is -0.945. The first-order chi connectivity index (χ1) is 16.3. The van der Waals surface area contributed by atoms with Crippen LogP contribution in [0.1, 0.15) is 25.7 Å². The highest BCUT2D eigenvalue weighted by Crippen LogP contribution is 2.28. The van der Waals surface area contributed by atoms with Crippen LogP contribution >= 0.6 is 0 Å². The third-order valence-electron chi connectivity index (χ3n) is 4.39. The van der Waals surface area contributed by atoms with Crippen molar-refractivity contribution in [1.29, 1.82) is 0 Å². The second-order valence-electron chi connectivity index (χ2n) is 7.09. The average Bonchev–Trinajstić information content (AvgIpc) is 2.79. The van der Waals surface area contributed by atoms with Crippen LogP contribution in [-0.2, 0) is 19.0 Å². The predicted molar refractivity (Wildman–Crippen MR) is 121 cm³/mol. The molecule has 0 aromatic heterocycles. The van der Waals surface area contributed by atoms with Gasteiger partial charge in [0.05, 0.1) is 42.3 Å². The van der Waals surface area contributed by atoms with Crippen LogP contribution < -0.4 is 10.6 Å². The summed E-state index contributed by atoms with van der Waals surface area (Å²) in [6.07, 6.45) is 0.484. The standard InChI is InChI=1S/C20H32N4O10/c25-19(5-6-20(26)27)22-8-2-10-33-12-14-34-13-11-32-9-1-7-21-17-4-3-16(23(28)29)15-18(17)24(30)31/h3-4,15,19,21-22,25H,1-2,5-14H2,(H,26,27). The van der Waals surface area contributed by atoms with Crippen LogP contribution in [0.5, 0.6) is 0 Å². The van der Waals surface area contributed by atoms with Crippen molar-refractivity contribution in [3.05, 3.63) is 38.4 Å². The number of aliphatic hydroxyl groups excluding tert-OH is 1. The van der Waals surface area contributed by atoms with Crippen molar-refractivity contribution < 1.29 is 39.1 Å². The third kappa shape index (κ3) is 13.6. The quantitative estimate of drug-likeness (QED) is 0.0844. The number of ether oxygens (including phenoxy) is 3. The molecule has 0 saturated heterocycles. The smallest absolute Gasteiger partial charge is 0.303 e. The third-order valence-corrected chi connectivity index (χ3v) is 4.39. The zero-order valence-electron chi connectivity index (χ0n) is 18.8. The minimum Gasteiger partial charge on any atom is -0.481 e. The molecular weight excluding hydrogens is 456 g/mol. The van der Waals surface area contributed by atoms with Crippen molar-refractivity contribution in [1.82, 2.24) is 5.32 Å². The zero-order valence-corrected chi connectivity index (χ0v) is 18.8. The van der Waals surface area contributed by atoms with E-state index in [9.17, 15) is 30.1 Å². The molecule has 0 fully saturated rings. The fraction of sp³-hybridized carbons (Fsp3) is 0.650. The minimum absolute atomic E-state index is 0.0877.